The standard InChI is InChI=1S/C14H11N3O2S/c15-13-9-4-1-2-5-10(9)16-12(17-13)8-19-14(18)11-6-3-7-20-11/h1-7H,8H2,(H2,15,16,17). The van der Waals surface area contributed by atoms with Gasteiger partial charge in [0, 0.05) is 5.39 Å². The number of para-hydroxylation sites is 1. The van der Waals surface area contributed by atoms with E-state index in [1.54, 1.807) is 12.1 Å². The van der Waals surface area contributed by atoms with E-state index >= 15 is 0 Å². The fourth-order valence-corrected chi connectivity index (χ4v) is 2.43. The Balaban J connectivity index is 1.79. The number of anilines is 1. The van der Waals surface area contributed by atoms with Crippen molar-refractivity contribution < 1.29 is 9.53 Å². The molecule has 2 aromatic heterocycles. The lowest BCUT2D eigenvalue weighted by Crippen LogP contribution is -2.07. The lowest BCUT2D eigenvalue weighted by Gasteiger charge is -2.05. The Labute approximate surface area is 119 Å². The number of fused-ring (bicyclic) bond motifs is 1. The van der Waals surface area contributed by atoms with E-state index in [1.165, 1.54) is 11.3 Å². The second kappa shape index (κ2) is 5.26. The molecule has 0 bridgehead atoms. The summed E-state index contributed by atoms with van der Waals surface area (Å²) in [7, 11) is 0. The molecule has 0 aliphatic heterocycles. The molecular formula is C14H11N3O2S. The van der Waals surface area contributed by atoms with E-state index < -0.39 is 0 Å². The highest BCUT2D eigenvalue weighted by atomic mass is 32.1. The predicted molar refractivity (Wildman–Crippen MR) is 77.4 cm³/mol. The number of ether oxygens (including phenoxy) is 1. The molecule has 1 aromatic carbocycles. The number of hydrogen-bond acceptors (Lipinski definition) is 6. The van der Waals surface area contributed by atoms with Gasteiger partial charge in [0.05, 0.1) is 5.52 Å². The number of hydrogen-bond donors (Lipinski definition) is 1. The molecule has 3 rings (SSSR count). The Kier molecular flexibility index (Phi) is 3.30. The minimum absolute atomic E-state index is 0.00572. The second-order valence-corrected chi connectivity index (χ2v) is 5.04. The molecule has 0 aliphatic rings. The fourth-order valence-electron chi connectivity index (χ4n) is 1.81. The molecule has 0 fully saturated rings. The van der Waals surface area contributed by atoms with E-state index in [4.69, 9.17) is 10.5 Å². The quantitative estimate of drug-likeness (QED) is 0.748. The highest BCUT2D eigenvalue weighted by Gasteiger charge is 2.10. The van der Waals surface area contributed by atoms with Gasteiger partial charge in [0.2, 0.25) is 0 Å². The van der Waals surface area contributed by atoms with Gasteiger partial charge in [0.1, 0.15) is 10.7 Å². The summed E-state index contributed by atoms with van der Waals surface area (Å²) < 4.78 is 5.17. The zero-order valence-corrected chi connectivity index (χ0v) is 11.3. The van der Waals surface area contributed by atoms with Crippen molar-refractivity contribution in [3.05, 3.63) is 52.5 Å². The molecule has 0 aliphatic carbocycles. The molecule has 0 unspecified atom stereocenters. The van der Waals surface area contributed by atoms with Gasteiger partial charge >= 0.3 is 5.97 Å². The van der Waals surface area contributed by atoms with E-state index in [0.29, 0.717) is 16.5 Å². The average molecular weight is 285 g/mol. The molecule has 0 amide bonds. The zero-order valence-electron chi connectivity index (χ0n) is 10.4. The summed E-state index contributed by atoms with van der Waals surface area (Å²) in [6.07, 6.45) is 0. The molecule has 3 aromatic rings. The molecule has 0 atom stereocenters. The van der Waals surface area contributed by atoms with Crippen LogP contribution in [0.2, 0.25) is 0 Å². The van der Waals surface area contributed by atoms with Gasteiger partial charge in [-0.2, -0.15) is 0 Å². The largest absolute Gasteiger partial charge is 0.453 e. The maximum atomic E-state index is 11.7. The van der Waals surface area contributed by atoms with Crippen molar-refractivity contribution in [2.75, 3.05) is 5.73 Å². The van der Waals surface area contributed by atoms with Crippen LogP contribution in [0.15, 0.2) is 41.8 Å². The summed E-state index contributed by atoms with van der Waals surface area (Å²) in [5.41, 5.74) is 6.61. The van der Waals surface area contributed by atoms with Crippen molar-refractivity contribution in [3.8, 4) is 0 Å². The summed E-state index contributed by atoms with van der Waals surface area (Å²) in [4.78, 5) is 20.8. The van der Waals surface area contributed by atoms with Crippen LogP contribution in [0.25, 0.3) is 10.9 Å². The number of carbonyl (C=O) groups excluding carboxylic acids is 1. The van der Waals surface area contributed by atoms with E-state index in [9.17, 15) is 4.79 Å². The third-order valence-electron chi connectivity index (χ3n) is 2.73. The van der Waals surface area contributed by atoms with E-state index in [-0.39, 0.29) is 12.6 Å². The number of aromatic nitrogens is 2. The van der Waals surface area contributed by atoms with Gasteiger partial charge in [-0.3, -0.25) is 0 Å². The normalized spacial score (nSPS) is 10.6. The zero-order chi connectivity index (χ0) is 13.9. The third-order valence-corrected chi connectivity index (χ3v) is 3.58. The van der Waals surface area contributed by atoms with Crippen LogP contribution < -0.4 is 5.73 Å². The molecule has 0 saturated heterocycles. The molecule has 0 spiro atoms. The summed E-state index contributed by atoms with van der Waals surface area (Å²) in [5, 5.41) is 2.61. The lowest BCUT2D eigenvalue weighted by molar-refractivity contribution is 0.0468. The van der Waals surface area contributed by atoms with Gasteiger partial charge in [-0.05, 0) is 23.6 Å². The molecule has 0 radical (unpaired) electrons. The average Bonchev–Trinajstić information content (AvgIpc) is 2.99. The summed E-state index contributed by atoms with van der Waals surface area (Å²) in [5.74, 6) is 0.402. The van der Waals surface area contributed by atoms with Crippen molar-refractivity contribution in [1.29, 1.82) is 0 Å². The van der Waals surface area contributed by atoms with Crippen LogP contribution in [0.1, 0.15) is 15.5 Å². The molecule has 2 N–H and O–H groups in total. The summed E-state index contributed by atoms with van der Waals surface area (Å²) >= 11 is 1.33. The summed E-state index contributed by atoms with van der Waals surface area (Å²) in [6.45, 7) is 0.00572. The first-order valence-electron chi connectivity index (χ1n) is 5.96. The number of benzene rings is 1. The SMILES string of the molecule is Nc1nc(COC(=O)c2cccs2)nc2ccccc12. The van der Waals surface area contributed by atoms with Crippen LogP contribution in [0.3, 0.4) is 0 Å². The lowest BCUT2D eigenvalue weighted by atomic mass is 10.2. The molecule has 6 heteroatoms. The van der Waals surface area contributed by atoms with E-state index in [2.05, 4.69) is 9.97 Å². The van der Waals surface area contributed by atoms with Crippen LogP contribution in [0, 0.1) is 0 Å². The molecule has 100 valence electrons. The first-order chi connectivity index (χ1) is 9.74. The maximum Gasteiger partial charge on any atom is 0.348 e. The molecule has 20 heavy (non-hydrogen) atoms. The number of nitrogens with two attached hydrogens (primary N) is 1. The molecule has 5 nitrogen and oxygen atoms in total. The first-order valence-corrected chi connectivity index (χ1v) is 6.84. The molecular weight excluding hydrogens is 274 g/mol. The topological polar surface area (TPSA) is 78.1 Å². The van der Waals surface area contributed by atoms with Gasteiger partial charge < -0.3 is 10.5 Å². The Morgan fingerprint density at radius 2 is 2.05 bits per heavy atom. The Morgan fingerprint density at radius 3 is 2.85 bits per heavy atom. The monoisotopic (exact) mass is 285 g/mol. The minimum atomic E-state index is -0.379. The van der Waals surface area contributed by atoms with Gasteiger partial charge in [-0.15, -0.1) is 11.3 Å². The fraction of sp³-hybridized carbons (Fsp3) is 0.0714. The van der Waals surface area contributed by atoms with Gasteiger partial charge in [-0.1, -0.05) is 18.2 Å². The number of esters is 1. The van der Waals surface area contributed by atoms with Crippen LogP contribution in [0.5, 0.6) is 0 Å². The number of rotatable bonds is 3. The van der Waals surface area contributed by atoms with Crippen LogP contribution in [-0.2, 0) is 11.3 Å². The van der Waals surface area contributed by atoms with Crippen molar-refractivity contribution in [3.63, 3.8) is 0 Å². The Morgan fingerprint density at radius 1 is 1.20 bits per heavy atom. The molecule has 2 heterocycles. The minimum Gasteiger partial charge on any atom is -0.453 e. The van der Waals surface area contributed by atoms with E-state index in [1.807, 2.05) is 29.6 Å². The van der Waals surface area contributed by atoms with Crippen molar-refractivity contribution in [2.45, 2.75) is 6.61 Å². The molecule has 0 saturated carbocycles. The predicted octanol–water partition coefficient (Wildman–Crippen LogP) is 2.63. The third kappa shape index (κ3) is 2.46. The van der Waals surface area contributed by atoms with Crippen LogP contribution in [-0.4, -0.2) is 15.9 Å². The highest BCUT2D eigenvalue weighted by molar-refractivity contribution is 7.11. The van der Waals surface area contributed by atoms with Gasteiger partial charge in [-0.25, -0.2) is 14.8 Å². The first kappa shape index (κ1) is 12.6. The highest BCUT2D eigenvalue weighted by Crippen LogP contribution is 2.17. The smallest absolute Gasteiger partial charge is 0.348 e. The van der Waals surface area contributed by atoms with Crippen LogP contribution in [0.4, 0.5) is 5.82 Å². The number of thiophene rings is 1. The van der Waals surface area contributed by atoms with E-state index in [0.717, 1.165) is 10.9 Å². The van der Waals surface area contributed by atoms with Gasteiger partial charge in [0.25, 0.3) is 0 Å². The Hall–Kier alpha value is -2.47. The maximum absolute atomic E-state index is 11.7. The van der Waals surface area contributed by atoms with Crippen molar-refractivity contribution in [2.24, 2.45) is 0 Å². The van der Waals surface area contributed by atoms with Gasteiger partial charge in [0.15, 0.2) is 12.4 Å². The van der Waals surface area contributed by atoms with Crippen LogP contribution >= 0.6 is 11.3 Å². The number of nitrogen functional groups attached to an aromatic ring is 1. The number of nitrogens with zero attached hydrogens (tertiary/aromatic N) is 2. The van der Waals surface area contributed by atoms with Crippen molar-refractivity contribution >= 4 is 34.0 Å². The second-order valence-electron chi connectivity index (χ2n) is 4.10. The Bertz CT molecular complexity index is 756. The summed E-state index contributed by atoms with van der Waals surface area (Å²) in [6, 6.07) is 11.0. The van der Waals surface area contributed by atoms with Crippen molar-refractivity contribution in [1.82, 2.24) is 9.97 Å². The number of carbonyl (C=O) groups is 1.